The summed E-state index contributed by atoms with van der Waals surface area (Å²) in [5.41, 5.74) is 2.08. The molecule has 1 atom stereocenters. The molecule has 0 radical (unpaired) electrons. The van der Waals surface area contributed by atoms with Crippen LogP contribution in [0, 0.1) is 6.92 Å². The second-order valence-electron chi connectivity index (χ2n) is 8.81. The van der Waals surface area contributed by atoms with Crippen LogP contribution < -0.4 is 10.1 Å². The van der Waals surface area contributed by atoms with Gasteiger partial charge in [-0.2, -0.15) is 4.57 Å². The van der Waals surface area contributed by atoms with Gasteiger partial charge in [0.15, 0.2) is 12.4 Å². The lowest BCUT2D eigenvalue weighted by atomic mass is 10.0. The summed E-state index contributed by atoms with van der Waals surface area (Å²) in [4.78, 5) is 42.4. The molecule has 180 valence electrons. The van der Waals surface area contributed by atoms with E-state index in [1.807, 2.05) is 26.0 Å². The normalized spacial score (nSPS) is 18.3. The van der Waals surface area contributed by atoms with Gasteiger partial charge in [-0.25, -0.2) is 4.68 Å². The Kier molecular flexibility index (Phi) is 6.17. The summed E-state index contributed by atoms with van der Waals surface area (Å²) in [6.07, 6.45) is 5.43. The van der Waals surface area contributed by atoms with Gasteiger partial charge in [0, 0.05) is 29.0 Å². The van der Waals surface area contributed by atoms with Gasteiger partial charge >= 0.3 is 5.91 Å². The molecule has 2 aliphatic rings. The van der Waals surface area contributed by atoms with E-state index < -0.39 is 17.4 Å². The van der Waals surface area contributed by atoms with E-state index in [2.05, 4.69) is 5.10 Å². The third-order valence-corrected chi connectivity index (χ3v) is 6.63. The van der Waals surface area contributed by atoms with E-state index in [9.17, 15) is 14.4 Å². The van der Waals surface area contributed by atoms with Crippen LogP contribution in [0.15, 0.2) is 53.6 Å². The molecular weight excluding hydrogens is 468 g/mol. The molecule has 3 aromatic rings. The fourth-order valence-corrected chi connectivity index (χ4v) is 4.90. The van der Waals surface area contributed by atoms with Crippen LogP contribution in [0.2, 0.25) is 5.02 Å². The molecule has 1 N–H and O–H groups in total. The van der Waals surface area contributed by atoms with Crippen molar-refractivity contribution in [3.05, 3.63) is 81.0 Å². The lowest BCUT2D eigenvalue weighted by molar-refractivity contribution is -0.577. The van der Waals surface area contributed by atoms with Crippen molar-refractivity contribution >= 4 is 34.7 Å². The summed E-state index contributed by atoms with van der Waals surface area (Å²) in [5, 5.41) is 3.60. The number of amides is 2. The van der Waals surface area contributed by atoms with E-state index in [0.29, 0.717) is 29.4 Å². The van der Waals surface area contributed by atoms with E-state index >= 15 is 0 Å². The number of pyridine rings is 1. The number of hydrogen-bond donors (Lipinski definition) is 1. The summed E-state index contributed by atoms with van der Waals surface area (Å²) >= 11 is 6.16. The number of carbonyl (C=O) groups is 2. The monoisotopic (exact) mass is 493 g/mol. The lowest BCUT2D eigenvalue weighted by Crippen LogP contribution is -2.42. The Hall–Kier alpha value is -3.49. The zero-order valence-electron chi connectivity index (χ0n) is 19.6. The van der Waals surface area contributed by atoms with E-state index in [1.165, 1.54) is 9.58 Å². The fourth-order valence-electron chi connectivity index (χ4n) is 4.71. The van der Waals surface area contributed by atoms with Crippen LogP contribution in [-0.4, -0.2) is 45.8 Å². The Bertz CT molecular complexity index is 1410. The Morgan fingerprint density at radius 3 is 2.69 bits per heavy atom. The number of halogens is 1. The predicted octanol–water partition coefficient (Wildman–Crippen LogP) is 2.89. The van der Waals surface area contributed by atoms with Crippen molar-refractivity contribution in [3.8, 4) is 5.69 Å². The topological polar surface area (TPSA) is 88.3 Å². The number of aromatic amines is 1. The summed E-state index contributed by atoms with van der Waals surface area (Å²) in [6, 6.07) is 10.6. The number of hydrogen-bond acceptors (Lipinski definition) is 4. The van der Waals surface area contributed by atoms with Crippen LogP contribution in [0.4, 0.5) is 0 Å². The van der Waals surface area contributed by atoms with Gasteiger partial charge in [0.1, 0.15) is 5.57 Å². The number of imide groups is 1. The average Bonchev–Trinajstić information content (AvgIpc) is 3.53. The SMILES string of the molecule is CCc1[nH]n(-c2cccc(Cl)c2)c(=O)c1C1=C([n+]2cccc(C)c2)C(=O)N(C[C@H]2CCCO2)C1=O. The highest BCUT2D eigenvalue weighted by Gasteiger charge is 2.48. The third kappa shape index (κ3) is 4.13. The van der Waals surface area contributed by atoms with Crippen molar-refractivity contribution in [2.24, 2.45) is 0 Å². The van der Waals surface area contributed by atoms with E-state index in [1.54, 1.807) is 41.2 Å². The molecule has 0 saturated carbocycles. The highest BCUT2D eigenvalue weighted by atomic mass is 35.5. The molecule has 35 heavy (non-hydrogen) atoms. The fraction of sp³-hybridized carbons (Fsp3) is 0.308. The maximum Gasteiger partial charge on any atom is 0.327 e. The minimum absolute atomic E-state index is 0.0995. The minimum atomic E-state index is -0.487. The van der Waals surface area contributed by atoms with Crippen LogP contribution in [0.5, 0.6) is 0 Å². The van der Waals surface area contributed by atoms with Crippen LogP contribution in [0.3, 0.4) is 0 Å². The zero-order valence-corrected chi connectivity index (χ0v) is 20.3. The van der Waals surface area contributed by atoms with Gasteiger partial charge in [-0.3, -0.25) is 24.4 Å². The largest absolute Gasteiger partial charge is 0.376 e. The van der Waals surface area contributed by atoms with Crippen molar-refractivity contribution in [2.75, 3.05) is 13.2 Å². The summed E-state index contributed by atoms with van der Waals surface area (Å²) < 4.78 is 8.70. The first kappa shape index (κ1) is 23.3. The van der Waals surface area contributed by atoms with Crippen molar-refractivity contribution in [1.82, 2.24) is 14.7 Å². The van der Waals surface area contributed by atoms with E-state index in [-0.39, 0.29) is 29.5 Å². The molecule has 1 aromatic carbocycles. The molecule has 9 heteroatoms. The number of carbonyl (C=O) groups excluding carboxylic acids is 2. The first-order valence-electron chi connectivity index (χ1n) is 11.7. The molecule has 1 fully saturated rings. The molecule has 4 heterocycles. The number of aryl methyl sites for hydroxylation is 2. The van der Waals surface area contributed by atoms with Gasteiger partial charge in [-0.1, -0.05) is 24.6 Å². The molecule has 2 amide bonds. The molecule has 2 aromatic heterocycles. The van der Waals surface area contributed by atoms with Crippen molar-refractivity contribution in [1.29, 1.82) is 0 Å². The molecule has 0 spiro atoms. The van der Waals surface area contributed by atoms with Crippen LogP contribution in [0.25, 0.3) is 17.0 Å². The highest BCUT2D eigenvalue weighted by molar-refractivity contribution is 6.44. The third-order valence-electron chi connectivity index (χ3n) is 6.40. The summed E-state index contributed by atoms with van der Waals surface area (Å²) in [6.45, 7) is 4.57. The molecule has 0 unspecified atom stereocenters. The molecule has 5 rings (SSSR count). The van der Waals surface area contributed by atoms with Crippen molar-refractivity contribution < 1.29 is 18.9 Å². The Labute approximate surface area is 207 Å². The van der Waals surface area contributed by atoms with Gasteiger partial charge in [0.25, 0.3) is 17.2 Å². The number of nitrogens with one attached hydrogen (secondary N) is 1. The van der Waals surface area contributed by atoms with Crippen molar-refractivity contribution in [2.45, 2.75) is 39.2 Å². The highest BCUT2D eigenvalue weighted by Crippen LogP contribution is 2.31. The lowest BCUT2D eigenvalue weighted by Gasteiger charge is -2.18. The van der Waals surface area contributed by atoms with Gasteiger partial charge in [-0.15, -0.1) is 0 Å². The number of ether oxygens (including phenoxy) is 1. The number of H-pyrrole nitrogens is 1. The minimum Gasteiger partial charge on any atom is -0.376 e. The Balaban J connectivity index is 1.71. The van der Waals surface area contributed by atoms with Gasteiger partial charge in [-0.05, 0) is 50.5 Å². The quantitative estimate of drug-likeness (QED) is 0.422. The molecule has 2 aliphatic heterocycles. The van der Waals surface area contributed by atoms with Crippen LogP contribution in [0.1, 0.15) is 36.6 Å². The van der Waals surface area contributed by atoms with Gasteiger partial charge in [0.05, 0.1) is 23.9 Å². The van der Waals surface area contributed by atoms with Gasteiger partial charge in [0.2, 0.25) is 0 Å². The molecule has 1 saturated heterocycles. The second-order valence-corrected chi connectivity index (χ2v) is 9.24. The summed E-state index contributed by atoms with van der Waals surface area (Å²) in [7, 11) is 0. The molecule has 0 bridgehead atoms. The molecule has 0 aliphatic carbocycles. The smallest absolute Gasteiger partial charge is 0.327 e. The molecule has 8 nitrogen and oxygen atoms in total. The average molecular weight is 494 g/mol. The predicted molar refractivity (Wildman–Crippen MR) is 131 cm³/mol. The second kappa shape index (κ2) is 9.28. The standard InChI is InChI=1S/C26H25ClN4O4/c1-3-20-21(25(33)31(28-20)18-9-4-8-17(27)13-18)22-23(29-11-5-7-16(2)14-29)26(34)30(24(22)32)15-19-10-6-12-35-19/h4-5,7-9,11,13-14,19H,3,6,10,12,15H2,1-2H3/p+1/t19-/m1/s1. The number of nitrogens with zero attached hydrogens (tertiary/aromatic N) is 3. The van der Waals surface area contributed by atoms with Crippen LogP contribution in [-0.2, 0) is 20.7 Å². The van der Waals surface area contributed by atoms with E-state index in [4.69, 9.17) is 16.3 Å². The van der Waals surface area contributed by atoms with Gasteiger partial charge < -0.3 is 4.74 Å². The van der Waals surface area contributed by atoms with Crippen LogP contribution >= 0.6 is 11.6 Å². The zero-order chi connectivity index (χ0) is 24.7. The number of rotatable bonds is 6. The van der Waals surface area contributed by atoms with E-state index in [0.717, 1.165) is 18.4 Å². The maximum atomic E-state index is 13.8. The summed E-state index contributed by atoms with van der Waals surface area (Å²) in [5.74, 6) is -0.924. The first-order valence-corrected chi connectivity index (χ1v) is 12.1. The molecular formula is C26H26ClN4O4+. The maximum absolute atomic E-state index is 13.8. The number of aromatic nitrogens is 3. The van der Waals surface area contributed by atoms with Crippen molar-refractivity contribution in [3.63, 3.8) is 0 Å². The number of benzene rings is 1. The Morgan fingerprint density at radius 1 is 1.17 bits per heavy atom. The Morgan fingerprint density at radius 2 is 2.00 bits per heavy atom. The first-order chi connectivity index (χ1) is 16.9.